The molecule has 0 aliphatic rings. The van der Waals surface area contributed by atoms with E-state index in [1.54, 1.807) is 19.1 Å². The zero-order valence-corrected chi connectivity index (χ0v) is 17.1. The largest absolute Gasteiger partial charge is 0.366 e. The van der Waals surface area contributed by atoms with Crippen molar-refractivity contribution in [2.45, 2.75) is 18.4 Å². The maximum atomic E-state index is 12.6. The van der Waals surface area contributed by atoms with Crippen LogP contribution in [0.1, 0.15) is 31.8 Å². The number of anilines is 1. The van der Waals surface area contributed by atoms with Crippen molar-refractivity contribution in [3.63, 3.8) is 0 Å². The van der Waals surface area contributed by atoms with Crippen molar-refractivity contribution in [1.82, 2.24) is 4.72 Å². The number of carbonyl (C=O) groups excluding carboxylic acids is 2. The quantitative estimate of drug-likeness (QED) is 0.541. The molecule has 154 valence electrons. The highest BCUT2D eigenvalue weighted by Crippen LogP contribution is 2.17. The van der Waals surface area contributed by atoms with Crippen LogP contribution in [-0.2, 0) is 16.6 Å². The molecular weight excluding hydrogens is 402 g/mol. The summed E-state index contributed by atoms with van der Waals surface area (Å²) in [5.41, 5.74) is 7.76. The maximum absolute atomic E-state index is 12.6. The smallest absolute Gasteiger partial charge is 0.255 e. The van der Waals surface area contributed by atoms with Crippen molar-refractivity contribution in [2.75, 3.05) is 5.32 Å². The molecule has 30 heavy (non-hydrogen) atoms. The number of nitrogens with one attached hydrogen (secondary N) is 2. The fourth-order valence-corrected chi connectivity index (χ4v) is 3.95. The topological polar surface area (TPSA) is 118 Å². The average Bonchev–Trinajstić information content (AvgIpc) is 2.73. The molecule has 0 unspecified atom stereocenters. The van der Waals surface area contributed by atoms with Gasteiger partial charge in [-0.05, 0) is 54.4 Å². The minimum absolute atomic E-state index is 0.00802. The van der Waals surface area contributed by atoms with E-state index >= 15 is 0 Å². The zero-order chi connectivity index (χ0) is 21.7. The van der Waals surface area contributed by atoms with E-state index < -0.39 is 21.8 Å². The lowest BCUT2D eigenvalue weighted by atomic mass is 10.1. The highest BCUT2D eigenvalue weighted by Gasteiger charge is 2.16. The first kappa shape index (κ1) is 21.2. The van der Waals surface area contributed by atoms with Crippen molar-refractivity contribution in [3.05, 3.63) is 95.1 Å². The predicted molar refractivity (Wildman–Crippen MR) is 115 cm³/mol. The standard InChI is InChI=1S/C22H21N3O4S/c1-15-12-18(10-11-20(15)21(23)26)25-22(27)17-8-5-9-19(13-17)30(28,29)24-14-16-6-3-2-4-7-16/h2-13,24H,14H2,1H3,(H2,23,26)(H,25,27). The Morgan fingerprint density at radius 2 is 1.67 bits per heavy atom. The van der Waals surface area contributed by atoms with Gasteiger partial charge in [0, 0.05) is 23.4 Å². The molecule has 3 aromatic rings. The second-order valence-corrected chi connectivity index (χ2v) is 8.45. The molecule has 0 saturated heterocycles. The molecule has 0 spiro atoms. The summed E-state index contributed by atoms with van der Waals surface area (Å²) in [6, 6.07) is 19.6. The average molecular weight is 423 g/mol. The molecular formula is C22H21N3O4S. The third-order valence-electron chi connectivity index (χ3n) is 4.47. The van der Waals surface area contributed by atoms with Crippen molar-refractivity contribution in [2.24, 2.45) is 5.73 Å². The molecule has 0 heterocycles. The summed E-state index contributed by atoms with van der Waals surface area (Å²) in [5.74, 6) is -1.02. The van der Waals surface area contributed by atoms with Crippen molar-refractivity contribution in [3.8, 4) is 0 Å². The molecule has 0 aliphatic heterocycles. The van der Waals surface area contributed by atoms with Gasteiger partial charge < -0.3 is 11.1 Å². The third kappa shape index (κ3) is 5.11. The van der Waals surface area contributed by atoms with Crippen LogP contribution in [-0.4, -0.2) is 20.2 Å². The summed E-state index contributed by atoms with van der Waals surface area (Å²) in [4.78, 5) is 23.9. The van der Waals surface area contributed by atoms with Gasteiger partial charge in [0.1, 0.15) is 0 Å². The number of amides is 2. The van der Waals surface area contributed by atoms with Crippen LogP contribution in [0.4, 0.5) is 5.69 Å². The predicted octanol–water partition coefficient (Wildman–Crippen LogP) is 2.82. The molecule has 0 radical (unpaired) electrons. The molecule has 0 aromatic heterocycles. The molecule has 0 aliphatic carbocycles. The summed E-state index contributed by atoms with van der Waals surface area (Å²) < 4.78 is 27.7. The Hall–Kier alpha value is -3.49. The molecule has 0 fully saturated rings. The normalized spacial score (nSPS) is 11.1. The molecule has 8 heteroatoms. The van der Waals surface area contributed by atoms with Gasteiger partial charge in [-0.1, -0.05) is 36.4 Å². The van der Waals surface area contributed by atoms with Crippen LogP contribution in [0.15, 0.2) is 77.7 Å². The first-order valence-electron chi connectivity index (χ1n) is 9.12. The van der Waals surface area contributed by atoms with E-state index in [1.807, 2.05) is 30.3 Å². The van der Waals surface area contributed by atoms with Crippen LogP contribution >= 0.6 is 0 Å². The molecule has 3 rings (SSSR count). The highest BCUT2D eigenvalue weighted by atomic mass is 32.2. The molecule has 0 atom stereocenters. The number of aryl methyl sites for hydroxylation is 1. The minimum Gasteiger partial charge on any atom is -0.366 e. The molecule has 0 bridgehead atoms. The first-order valence-corrected chi connectivity index (χ1v) is 10.6. The lowest BCUT2D eigenvalue weighted by Crippen LogP contribution is -2.23. The number of rotatable bonds is 7. The van der Waals surface area contributed by atoms with Gasteiger partial charge in [0.25, 0.3) is 5.91 Å². The number of hydrogen-bond acceptors (Lipinski definition) is 4. The summed E-state index contributed by atoms with van der Waals surface area (Å²) >= 11 is 0. The van der Waals surface area contributed by atoms with Gasteiger partial charge >= 0.3 is 0 Å². The van der Waals surface area contributed by atoms with E-state index in [0.29, 0.717) is 16.8 Å². The molecule has 3 aromatic carbocycles. The maximum Gasteiger partial charge on any atom is 0.255 e. The monoisotopic (exact) mass is 423 g/mol. The van der Waals surface area contributed by atoms with Crippen molar-refractivity contribution in [1.29, 1.82) is 0 Å². The number of sulfonamides is 1. The van der Waals surface area contributed by atoms with Gasteiger partial charge in [-0.25, -0.2) is 13.1 Å². The van der Waals surface area contributed by atoms with Crippen LogP contribution in [0.25, 0.3) is 0 Å². The zero-order valence-electron chi connectivity index (χ0n) is 16.3. The van der Waals surface area contributed by atoms with Crippen molar-refractivity contribution >= 4 is 27.5 Å². The Bertz CT molecular complexity index is 1190. The number of carbonyl (C=O) groups is 2. The first-order chi connectivity index (χ1) is 14.3. The van der Waals surface area contributed by atoms with E-state index in [2.05, 4.69) is 10.0 Å². The molecule has 7 nitrogen and oxygen atoms in total. The lowest BCUT2D eigenvalue weighted by molar-refractivity contribution is 0.0997. The van der Waals surface area contributed by atoms with E-state index in [0.717, 1.165) is 5.56 Å². The van der Waals surface area contributed by atoms with Gasteiger partial charge in [0.05, 0.1) is 4.90 Å². The Morgan fingerprint density at radius 1 is 0.933 bits per heavy atom. The SMILES string of the molecule is Cc1cc(NC(=O)c2cccc(S(=O)(=O)NCc3ccccc3)c2)ccc1C(N)=O. The second-order valence-electron chi connectivity index (χ2n) is 6.69. The Morgan fingerprint density at radius 3 is 2.33 bits per heavy atom. The summed E-state index contributed by atoms with van der Waals surface area (Å²) in [7, 11) is -3.79. The van der Waals surface area contributed by atoms with E-state index in [-0.39, 0.29) is 17.0 Å². The minimum atomic E-state index is -3.79. The number of primary amides is 1. The van der Waals surface area contributed by atoms with E-state index in [1.165, 1.54) is 30.3 Å². The van der Waals surface area contributed by atoms with Crippen LogP contribution < -0.4 is 15.8 Å². The fraction of sp³-hybridized carbons (Fsp3) is 0.0909. The lowest BCUT2D eigenvalue weighted by Gasteiger charge is -2.10. The van der Waals surface area contributed by atoms with Crippen LogP contribution in [0.5, 0.6) is 0 Å². The molecule has 2 amide bonds. The number of nitrogens with two attached hydrogens (primary N) is 1. The van der Waals surface area contributed by atoms with Crippen LogP contribution in [0.2, 0.25) is 0 Å². The third-order valence-corrected chi connectivity index (χ3v) is 5.86. The van der Waals surface area contributed by atoms with Gasteiger partial charge in [0.2, 0.25) is 15.9 Å². The summed E-state index contributed by atoms with van der Waals surface area (Å²) in [5, 5.41) is 2.70. The van der Waals surface area contributed by atoms with Crippen LogP contribution in [0, 0.1) is 6.92 Å². The van der Waals surface area contributed by atoms with Gasteiger partial charge in [0.15, 0.2) is 0 Å². The Labute approximate surface area is 175 Å². The number of benzene rings is 3. The van der Waals surface area contributed by atoms with E-state index in [9.17, 15) is 18.0 Å². The molecule has 0 saturated carbocycles. The van der Waals surface area contributed by atoms with E-state index in [4.69, 9.17) is 5.73 Å². The van der Waals surface area contributed by atoms with Crippen molar-refractivity contribution < 1.29 is 18.0 Å². The molecule has 4 N–H and O–H groups in total. The van der Waals surface area contributed by atoms with Gasteiger partial charge in [-0.2, -0.15) is 0 Å². The Kier molecular flexibility index (Phi) is 6.29. The highest BCUT2D eigenvalue weighted by molar-refractivity contribution is 7.89. The second kappa shape index (κ2) is 8.89. The summed E-state index contributed by atoms with van der Waals surface area (Å²) in [6.45, 7) is 1.85. The van der Waals surface area contributed by atoms with Crippen LogP contribution in [0.3, 0.4) is 0 Å². The fourth-order valence-electron chi connectivity index (χ4n) is 2.88. The summed E-state index contributed by atoms with van der Waals surface area (Å²) in [6.07, 6.45) is 0. The van der Waals surface area contributed by atoms with Gasteiger partial charge in [-0.3, -0.25) is 9.59 Å². The Balaban J connectivity index is 1.75. The number of hydrogen-bond donors (Lipinski definition) is 3. The van der Waals surface area contributed by atoms with Gasteiger partial charge in [-0.15, -0.1) is 0 Å².